The Balaban J connectivity index is 2.23. The molecule has 6 heteroatoms. The Hall–Kier alpha value is -1.14. The summed E-state index contributed by atoms with van der Waals surface area (Å²) in [6.45, 7) is 6.06. The zero-order valence-electron chi connectivity index (χ0n) is 12.2. The van der Waals surface area contributed by atoms with Gasteiger partial charge in [-0.25, -0.2) is 13.4 Å². The van der Waals surface area contributed by atoms with Gasteiger partial charge in [-0.05, 0) is 31.7 Å². The van der Waals surface area contributed by atoms with E-state index in [0.717, 1.165) is 25.8 Å². The van der Waals surface area contributed by atoms with Gasteiger partial charge in [-0.1, -0.05) is 13.3 Å². The lowest BCUT2D eigenvalue weighted by atomic mass is 9.97. The summed E-state index contributed by atoms with van der Waals surface area (Å²) < 4.78 is 27.0. The van der Waals surface area contributed by atoms with Crippen LogP contribution in [-0.2, 0) is 10.0 Å². The molecule has 0 spiro atoms. The quantitative estimate of drug-likeness (QED) is 0.906. The van der Waals surface area contributed by atoms with Crippen molar-refractivity contribution in [3.8, 4) is 0 Å². The molecule has 2 heterocycles. The smallest absolute Gasteiger partial charge is 0.243 e. The van der Waals surface area contributed by atoms with E-state index in [9.17, 15) is 8.42 Å². The highest BCUT2D eigenvalue weighted by molar-refractivity contribution is 7.89. The first-order valence-corrected chi connectivity index (χ1v) is 8.72. The van der Waals surface area contributed by atoms with E-state index in [1.54, 1.807) is 22.6 Å². The van der Waals surface area contributed by atoms with E-state index in [1.807, 2.05) is 6.92 Å². The predicted molar refractivity (Wildman–Crippen MR) is 80.2 cm³/mol. The number of aromatic nitrogens is 1. The Morgan fingerprint density at radius 1 is 1.45 bits per heavy atom. The van der Waals surface area contributed by atoms with Gasteiger partial charge in [0.25, 0.3) is 0 Å². The molecular formula is C14H23N3O2S. The molecular weight excluding hydrogens is 274 g/mol. The molecule has 2 rings (SSSR count). The number of nitrogens with zero attached hydrogens (tertiary/aromatic N) is 2. The van der Waals surface area contributed by atoms with E-state index < -0.39 is 10.0 Å². The Bertz CT molecular complexity index is 545. The lowest BCUT2D eigenvalue weighted by Crippen LogP contribution is -2.39. The third kappa shape index (κ3) is 3.30. The van der Waals surface area contributed by atoms with Gasteiger partial charge in [-0.2, -0.15) is 4.31 Å². The monoisotopic (exact) mass is 297 g/mol. The topological polar surface area (TPSA) is 62.3 Å². The van der Waals surface area contributed by atoms with E-state index in [1.165, 1.54) is 0 Å². The van der Waals surface area contributed by atoms with E-state index in [4.69, 9.17) is 0 Å². The average molecular weight is 297 g/mol. The van der Waals surface area contributed by atoms with Crippen molar-refractivity contribution >= 4 is 15.8 Å². The summed E-state index contributed by atoms with van der Waals surface area (Å²) in [6, 6.07) is 3.19. The summed E-state index contributed by atoms with van der Waals surface area (Å²) in [7, 11) is -3.39. The van der Waals surface area contributed by atoms with Crippen LogP contribution in [-0.4, -0.2) is 37.3 Å². The van der Waals surface area contributed by atoms with Gasteiger partial charge in [0.15, 0.2) is 0 Å². The van der Waals surface area contributed by atoms with Gasteiger partial charge in [0.05, 0.1) is 4.90 Å². The van der Waals surface area contributed by atoms with E-state index in [-0.39, 0.29) is 0 Å². The Labute approximate surface area is 121 Å². The number of nitrogens with one attached hydrogen (secondary N) is 1. The van der Waals surface area contributed by atoms with Crippen LogP contribution in [0.4, 0.5) is 5.82 Å². The second-order valence-electron chi connectivity index (χ2n) is 5.19. The highest BCUT2D eigenvalue weighted by Gasteiger charge is 2.29. The molecule has 1 aliphatic heterocycles. The predicted octanol–water partition coefficient (Wildman–Crippen LogP) is 2.32. The molecule has 112 valence electrons. The van der Waals surface area contributed by atoms with Crippen LogP contribution in [0.1, 0.15) is 33.1 Å². The molecule has 1 atom stereocenters. The number of hydrogen-bond donors (Lipinski definition) is 1. The van der Waals surface area contributed by atoms with Gasteiger partial charge in [0, 0.05) is 31.9 Å². The van der Waals surface area contributed by atoms with Crippen molar-refractivity contribution < 1.29 is 8.42 Å². The summed E-state index contributed by atoms with van der Waals surface area (Å²) >= 11 is 0. The third-order valence-corrected chi connectivity index (χ3v) is 5.65. The van der Waals surface area contributed by atoms with Crippen LogP contribution < -0.4 is 5.32 Å². The highest BCUT2D eigenvalue weighted by Crippen LogP contribution is 2.25. The van der Waals surface area contributed by atoms with Gasteiger partial charge in [-0.3, -0.25) is 0 Å². The Kier molecular flexibility index (Phi) is 4.99. The maximum Gasteiger partial charge on any atom is 0.243 e. The Morgan fingerprint density at radius 3 is 2.95 bits per heavy atom. The SMILES string of the molecule is CCNc1cc(S(=O)(=O)N2CCCC(CC)C2)ccn1. The summed E-state index contributed by atoms with van der Waals surface area (Å²) in [5, 5.41) is 3.05. The minimum atomic E-state index is -3.39. The lowest BCUT2D eigenvalue weighted by Gasteiger charge is -2.31. The first-order chi connectivity index (χ1) is 9.57. The van der Waals surface area contributed by atoms with Gasteiger partial charge in [0.2, 0.25) is 10.0 Å². The summed E-state index contributed by atoms with van der Waals surface area (Å²) in [6.07, 6.45) is 4.65. The maximum atomic E-state index is 12.7. The van der Waals surface area contributed by atoms with E-state index in [0.29, 0.717) is 29.7 Å². The van der Waals surface area contributed by atoms with Crippen LogP contribution >= 0.6 is 0 Å². The van der Waals surface area contributed by atoms with Crippen LogP contribution in [0.3, 0.4) is 0 Å². The molecule has 1 unspecified atom stereocenters. The summed E-state index contributed by atoms with van der Waals surface area (Å²) in [4.78, 5) is 4.46. The molecule has 20 heavy (non-hydrogen) atoms. The van der Waals surface area contributed by atoms with Crippen LogP contribution in [0, 0.1) is 5.92 Å². The fourth-order valence-corrected chi connectivity index (χ4v) is 4.14. The zero-order chi connectivity index (χ0) is 14.6. The Morgan fingerprint density at radius 2 is 2.25 bits per heavy atom. The molecule has 1 aromatic rings. The van der Waals surface area contributed by atoms with Crippen molar-refractivity contribution in [3.05, 3.63) is 18.3 Å². The van der Waals surface area contributed by atoms with E-state index >= 15 is 0 Å². The zero-order valence-corrected chi connectivity index (χ0v) is 13.0. The van der Waals surface area contributed by atoms with Crippen molar-refractivity contribution in [1.29, 1.82) is 0 Å². The number of sulfonamides is 1. The second kappa shape index (κ2) is 6.54. The number of pyridine rings is 1. The maximum absolute atomic E-state index is 12.7. The third-order valence-electron chi connectivity index (χ3n) is 3.79. The van der Waals surface area contributed by atoms with Gasteiger partial charge in [0.1, 0.15) is 5.82 Å². The number of rotatable bonds is 5. The molecule has 1 N–H and O–H groups in total. The minimum Gasteiger partial charge on any atom is -0.370 e. The molecule has 0 amide bonds. The van der Waals surface area contributed by atoms with Crippen LogP contribution in [0.5, 0.6) is 0 Å². The molecule has 5 nitrogen and oxygen atoms in total. The molecule has 0 aliphatic carbocycles. The van der Waals surface area contributed by atoms with Gasteiger partial charge < -0.3 is 5.32 Å². The van der Waals surface area contributed by atoms with Crippen molar-refractivity contribution in [2.24, 2.45) is 5.92 Å². The molecule has 0 bridgehead atoms. The molecule has 1 fully saturated rings. The molecule has 1 aromatic heterocycles. The van der Waals surface area contributed by atoms with Crippen LogP contribution in [0.25, 0.3) is 0 Å². The van der Waals surface area contributed by atoms with Crippen molar-refractivity contribution in [1.82, 2.24) is 9.29 Å². The van der Waals surface area contributed by atoms with Crippen LogP contribution in [0.15, 0.2) is 23.2 Å². The standard InChI is InChI=1S/C14H23N3O2S/c1-3-12-6-5-9-17(11-12)20(18,19)13-7-8-16-14(10-13)15-4-2/h7-8,10,12H,3-6,9,11H2,1-2H3,(H,15,16). The van der Waals surface area contributed by atoms with Crippen LogP contribution in [0.2, 0.25) is 0 Å². The number of piperidine rings is 1. The largest absolute Gasteiger partial charge is 0.370 e. The number of hydrogen-bond acceptors (Lipinski definition) is 4. The molecule has 0 aromatic carbocycles. The van der Waals surface area contributed by atoms with Gasteiger partial charge in [-0.15, -0.1) is 0 Å². The highest BCUT2D eigenvalue weighted by atomic mass is 32.2. The molecule has 0 radical (unpaired) electrons. The molecule has 1 saturated heterocycles. The van der Waals surface area contributed by atoms with Crippen molar-refractivity contribution in [3.63, 3.8) is 0 Å². The first-order valence-electron chi connectivity index (χ1n) is 7.28. The second-order valence-corrected chi connectivity index (χ2v) is 7.12. The van der Waals surface area contributed by atoms with Crippen molar-refractivity contribution in [2.75, 3.05) is 25.0 Å². The molecule has 0 saturated carbocycles. The minimum absolute atomic E-state index is 0.334. The number of anilines is 1. The first kappa shape index (κ1) is 15.3. The van der Waals surface area contributed by atoms with Gasteiger partial charge >= 0.3 is 0 Å². The fraction of sp³-hybridized carbons (Fsp3) is 0.643. The summed E-state index contributed by atoms with van der Waals surface area (Å²) in [5.74, 6) is 1.09. The fourth-order valence-electron chi connectivity index (χ4n) is 2.58. The van der Waals surface area contributed by atoms with E-state index in [2.05, 4.69) is 17.2 Å². The lowest BCUT2D eigenvalue weighted by molar-refractivity contribution is 0.261. The molecule has 1 aliphatic rings. The summed E-state index contributed by atoms with van der Waals surface area (Å²) in [5.41, 5.74) is 0. The van der Waals surface area contributed by atoms with Crippen molar-refractivity contribution in [2.45, 2.75) is 38.0 Å². The average Bonchev–Trinajstić information content (AvgIpc) is 2.48. The normalized spacial score (nSPS) is 20.8.